The van der Waals surface area contributed by atoms with Crippen molar-refractivity contribution in [3.8, 4) is 11.6 Å². The number of nitrogens with two attached hydrogens (primary N) is 1. The lowest BCUT2D eigenvalue weighted by molar-refractivity contribution is -0.386. The maximum atomic E-state index is 11.0. The van der Waals surface area contributed by atoms with E-state index < -0.39 is 4.92 Å². The number of benzene rings is 1. The Hall–Kier alpha value is -1.97. The number of halogens is 1. The third kappa shape index (κ3) is 3.08. The molecule has 0 amide bonds. The molecule has 8 heteroatoms. The third-order valence-corrected chi connectivity index (χ3v) is 2.91. The van der Waals surface area contributed by atoms with E-state index in [2.05, 4.69) is 32.6 Å². The van der Waals surface area contributed by atoms with Gasteiger partial charge in [-0.3, -0.25) is 10.1 Å². The fourth-order valence-corrected chi connectivity index (χ4v) is 2.00. The van der Waals surface area contributed by atoms with E-state index in [1.807, 2.05) is 6.07 Å². The van der Waals surface area contributed by atoms with Gasteiger partial charge in [-0.1, -0.05) is 6.07 Å². The fraction of sp³-hybridized carbons (Fsp3) is 0.0909. The first-order valence-electron chi connectivity index (χ1n) is 5.19. The van der Waals surface area contributed by atoms with Crippen molar-refractivity contribution in [2.24, 2.45) is 0 Å². The summed E-state index contributed by atoms with van der Waals surface area (Å²) >= 11 is 2.11. The molecule has 0 aliphatic heterocycles. The average Bonchev–Trinajstić information content (AvgIpc) is 2.26. The Morgan fingerprint density at radius 1 is 1.42 bits per heavy atom. The SMILES string of the molecule is Cc1nc(N)nc(Oc2cccc(I)c2)c1[N+](=O)[O-]. The largest absolute Gasteiger partial charge is 0.434 e. The highest BCUT2D eigenvalue weighted by Crippen LogP contribution is 2.32. The van der Waals surface area contributed by atoms with Crippen molar-refractivity contribution < 1.29 is 9.66 Å². The zero-order valence-corrected chi connectivity index (χ0v) is 12.0. The monoisotopic (exact) mass is 372 g/mol. The van der Waals surface area contributed by atoms with Crippen LogP contribution in [0.5, 0.6) is 11.6 Å². The number of nitrogens with zero attached hydrogens (tertiary/aromatic N) is 3. The maximum Gasteiger partial charge on any atom is 0.352 e. The van der Waals surface area contributed by atoms with Crippen LogP contribution in [-0.2, 0) is 0 Å². The van der Waals surface area contributed by atoms with Crippen molar-refractivity contribution in [3.63, 3.8) is 0 Å². The normalized spacial score (nSPS) is 10.2. The number of nitrogen functional groups attached to an aromatic ring is 1. The van der Waals surface area contributed by atoms with Crippen LogP contribution < -0.4 is 10.5 Å². The summed E-state index contributed by atoms with van der Waals surface area (Å²) in [6.07, 6.45) is 0. The summed E-state index contributed by atoms with van der Waals surface area (Å²) < 4.78 is 6.38. The van der Waals surface area contributed by atoms with Gasteiger partial charge in [-0.25, -0.2) is 4.98 Å². The van der Waals surface area contributed by atoms with E-state index in [0.717, 1.165) is 3.57 Å². The van der Waals surface area contributed by atoms with Gasteiger partial charge in [0.05, 0.1) is 4.92 Å². The highest BCUT2D eigenvalue weighted by atomic mass is 127. The van der Waals surface area contributed by atoms with Gasteiger partial charge in [0.1, 0.15) is 11.4 Å². The Morgan fingerprint density at radius 2 is 2.16 bits per heavy atom. The standard InChI is InChI=1S/C11H9IN4O3/c1-6-9(16(17)18)10(15-11(13)14-6)19-8-4-2-3-7(12)5-8/h2-5H,1H3,(H2,13,14,15). The lowest BCUT2D eigenvalue weighted by Gasteiger charge is -2.07. The molecule has 0 atom stereocenters. The minimum Gasteiger partial charge on any atom is -0.434 e. The molecular weight excluding hydrogens is 363 g/mol. The van der Waals surface area contributed by atoms with Crippen molar-refractivity contribution in [2.75, 3.05) is 5.73 Å². The van der Waals surface area contributed by atoms with E-state index in [1.54, 1.807) is 18.2 Å². The van der Waals surface area contributed by atoms with Gasteiger partial charge in [0, 0.05) is 3.57 Å². The Kier molecular flexibility index (Phi) is 3.79. The van der Waals surface area contributed by atoms with Crippen LogP contribution >= 0.6 is 22.6 Å². The van der Waals surface area contributed by atoms with Crippen molar-refractivity contribution >= 4 is 34.2 Å². The van der Waals surface area contributed by atoms with Gasteiger partial charge in [-0.2, -0.15) is 4.98 Å². The molecule has 2 N–H and O–H groups in total. The first kappa shape index (κ1) is 13.5. The van der Waals surface area contributed by atoms with Gasteiger partial charge in [0.15, 0.2) is 0 Å². The number of anilines is 1. The summed E-state index contributed by atoms with van der Waals surface area (Å²) in [4.78, 5) is 18.0. The molecule has 0 spiro atoms. The molecule has 0 fully saturated rings. The molecule has 2 rings (SSSR count). The van der Waals surface area contributed by atoms with E-state index in [4.69, 9.17) is 10.5 Å². The number of nitro groups is 1. The van der Waals surface area contributed by atoms with Crippen LogP contribution in [0.2, 0.25) is 0 Å². The van der Waals surface area contributed by atoms with Crippen LogP contribution in [0.4, 0.5) is 11.6 Å². The Bertz CT molecular complexity index is 648. The minimum absolute atomic E-state index is 0.0660. The molecule has 98 valence electrons. The smallest absolute Gasteiger partial charge is 0.352 e. The van der Waals surface area contributed by atoms with E-state index in [-0.39, 0.29) is 23.2 Å². The molecular formula is C11H9IN4O3. The van der Waals surface area contributed by atoms with Gasteiger partial charge < -0.3 is 10.5 Å². The maximum absolute atomic E-state index is 11.0. The second-order valence-corrected chi connectivity index (χ2v) is 4.88. The number of hydrogen-bond donors (Lipinski definition) is 1. The number of aromatic nitrogens is 2. The molecule has 0 bridgehead atoms. The van der Waals surface area contributed by atoms with Gasteiger partial charge in [0.25, 0.3) is 0 Å². The molecule has 19 heavy (non-hydrogen) atoms. The van der Waals surface area contributed by atoms with Crippen LogP contribution in [0.15, 0.2) is 24.3 Å². The zero-order chi connectivity index (χ0) is 14.0. The van der Waals surface area contributed by atoms with Crippen molar-refractivity contribution in [1.82, 2.24) is 9.97 Å². The zero-order valence-electron chi connectivity index (χ0n) is 9.83. The van der Waals surface area contributed by atoms with Crippen LogP contribution in [-0.4, -0.2) is 14.9 Å². The van der Waals surface area contributed by atoms with Crippen LogP contribution in [0.1, 0.15) is 5.69 Å². The lowest BCUT2D eigenvalue weighted by atomic mass is 10.3. The fourth-order valence-electron chi connectivity index (χ4n) is 1.49. The summed E-state index contributed by atoms with van der Waals surface area (Å²) in [5.74, 6) is 0.230. The first-order chi connectivity index (χ1) is 8.97. The molecule has 7 nitrogen and oxygen atoms in total. The van der Waals surface area contributed by atoms with Crippen molar-refractivity contribution in [3.05, 3.63) is 43.6 Å². The number of hydrogen-bond acceptors (Lipinski definition) is 6. The second-order valence-electron chi connectivity index (χ2n) is 3.64. The molecule has 0 unspecified atom stereocenters. The summed E-state index contributed by atoms with van der Waals surface area (Å²) in [6.45, 7) is 1.48. The highest BCUT2D eigenvalue weighted by Gasteiger charge is 2.23. The number of rotatable bonds is 3. The summed E-state index contributed by atoms with van der Waals surface area (Å²) in [7, 11) is 0. The average molecular weight is 372 g/mol. The molecule has 0 aliphatic carbocycles. The van der Waals surface area contributed by atoms with Crippen LogP contribution in [0.25, 0.3) is 0 Å². The molecule has 2 aromatic rings. The molecule has 1 aromatic heterocycles. The number of aryl methyl sites for hydroxylation is 1. The second kappa shape index (κ2) is 5.34. The molecule has 0 aliphatic rings. The van der Waals surface area contributed by atoms with E-state index in [0.29, 0.717) is 5.75 Å². The molecule has 0 radical (unpaired) electrons. The predicted molar refractivity (Wildman–Crippen MR) is 77.1 cm³/mol. The predicted octanol–water partition coefficient (Wildman–Crippen LogP) is 2.67. The molecule has 1 aromatic carbocycles. The molecule has 0 saturated heterocycles. The summed E-state index contributed by atoms with van der Waals surface area (Å²) in [6, 6.07) is 7.07. The summed E-state index contributed by atoms with van der Waals surface area (Å²) in [5, 5.41) is 11.0. The van der Waals surface area contributed by atoms with Crippen LogP contribution in [0.3, 0.4) is 0 Å². The molecule has 1 heterocycles. The Labute approximate surface area is 122 Å². The lowest BCUT2D eigenvalue weighted by Crippen LogP contribution is -2.04. The van der Waals surface area contributed by atoms with Crippen molar-refractivity contribution in [1.29, 1.82) is 0 Å². The first-order valence-corrected chi connectivity index (χ1v) is 6.27. The Balaban J connectivity index is 2.47. The topological polar surface area (TPSA) is 104 Å². The van der Waals surface area contributed by atoms with Crippen LogP contribution in [0, 0.1) is 20.6 Å². The highest BCUT2D eigenvalue weighted by molar-refractivity contribution is 14.1. The van der Waals surface area contributed by atoms with Gasteiger partial charge in [-0.05, 0) is 47.7 Å². The number of ether oxygens (including phenoxy) is 1. The van der Waals surface area contributed by atoms with Crippen molar-refractivity contribution in [2.45, 2.75) is 6.92 Å². The van der Waals surface area contributed by atoms with Gasteiger partial charge >= 0.3 is 11.6 Å². The van der Waals surface area contributed by atoms with Gasteiger partial charge in [0.2, 0.25) is 5.95 Å². The third-order valence-electron chi connectivity index (χ3n) is 2.24. The molecule has 0 saturated carbocycles. The Morgan fingerprint density at radius 3 is 2.79 bits per heavy atom. The van der Waals surface area contributed by atoms with E-state index in [9.17, 15) is 10.1 Å². The summed E-state index contributed by atoms with van der Waals surface area (Å²) in [5.41, 5.74) is 5.37. The van der Waals surface area contributed by atoms with E-state index in [1.165, 1.54) is 6.92 Å². The quantitative estimate of drug-likeness (QED) is 0.505. The minimum atomic E-state index is -0.585. The van der Waals surface area contributed by atoms with E-state index >= 15 is 0 Å². The van der Waals surface area contributed by atoms with Gasteiger partial charge in [-0.15, -0.1) is 0 Å².